The molecule has 0 fully saturated rings. The lowest BCUT2D eigenvalue weighted by Crippen LogP contribution is -2.18. The molecule has 24 heavy (non-hydrogen) atoms. The molecule has 0 saturated carbocycles. The fourth-order valence-corrected chi connectivity index (χ4v) is 3.26. The van der Waals surface area contributed by atoms with Gasteiger partial charge in [-0.25, -0.2) is 4.79 Å². The molecular weight excluding hydrogens is 398 g/mol. The Morgan fingerprint density at radius 3 is 2.50 bits per heavy atom. The molecule has 0 atom stereocenters. The van der Waals surface area contributed by atoms with Crippen LogP contribution in [0.2, 0.25) is 0 Å². The summed E-state index contributed by atoms with van der Waals surface area (Å²) in [5.41, 5.74) is 1.23. The molecule has 0 bridgehead atoms. The molecule has 1 amide bonds. The Morgan fingerprint density at radius 2 is 1.92 bits per heavy atom. The smallest absolute Gasteiger partial charge is 0.339 e. The molecular formula is C16H14BrNO5S. The van der Waals surface area contributed by atoms with E-state index in [0.29, 0.717) is 5.56 Å². The first-order valence-corrected chi connectivity index (χ1v) is 8.65. The van der Waals surface area contributed by atoms with Crippen molar-refractivity contribution < 1.29 is 24.2 Å². The molecule has 126 valence electrons. The van der Waals surface area contributed by atoms with E-state index in [2.05, 4.69) is 21.2 Å². The number of amides is 1. The van der Waals surface area contributed by atoms with Crippen molar-refractivity contribution >= 4 is 50.1 Å². The second-order valence-electron chi connectivity index (χ2n) is 4.70. The molecule has 2 N–H and O–H groups in total. The summed E-state index contributed by atoms with van der Waals surface area (Å²) < 4.78 is 5.57. The van der Waals surface area contributed by atoms with Gasteiger partial charge in [0.1, 0.15) is 17.0 Å². The van der Waals surface area contributed by atoms with Gasteiger partial charge in [-0.1, -0.05) is 28.1 Å². The summed E-state index contributed by atoms with van der Waals surface area (Å²) >= 11 is 4.42. The normalized spacial score (nSPS) is 10.2. The van der Waals surface area contributed by atoms with Gasteiger partial charge in [0.2, 0.25) is 5.91 Å². The maximum absolute atomic E-state index is 11.9. The van der Waals surface area contributed by atoms with E-state index in [0.717, 1.165) is 21.4 Å². The van der Waals surface area contributed by atoms with Gasteiger partial charge in [0.25, 0.3) is 0 Å². The topological polar surface area (TPSA) is 92.7 Å². The number of nitrogens with one attached hydrogen (secondary N) is 1. The molecule has 0 aliphatic rings. The van der Waals surface area contributed by atoms with Crippen LogP contribution in [-0.4, -0.2) is 29.6 Å². The summed E-state index contributed by atoms with van der Waals surface area (Å²) in [5.74, 6) is -2.42. The number of anilines is 1. The van der Waals surface area contributed by atoms with Crippen LogP contribution in [0.5, 0.6) is 0 Å². The zero-order valence-electron chi connectivity index (χ0n) is 12.7. The van der Waals surface area contributed by atoms with Crippen LogP contribution in [0, 0.1) is 0 Å². The standard InChI is InChI=1S/C16H14BrNO5S/c1-2-23-13(20)7-12(19)18-15-14(16(21)22)11(8-24-15)9-3-5-10(17)6-4-9/h3-6,8H,2,7H2,1H3,(H,18,19)(H,21,22). The van der Waals surface area contributed by atoms with Crippen molar-refractivity contribution in [3.8, 4) is 11.1 Å². The lowest BCUT2D eigenvalue weighted by molar-refractivity contribution is -0.145. The van der Waals surface area contributed by atoms with E-state index in [9.17, 15) is 19.5 Å². The number of hydrogen-bond acceptors (Lipinski definition) is 5. The van der Waals surface area contributed by atoms with E-state index in [4.69, 9.17) is 4.74 Å². The largest absolute Gasteiger partial charge is 0.478 e. The van der Waals surface area contributed by atoms with Gasteiger partial charge in [0.15, 0.2) is 0 Å². The summed E-state index contributed by atoms with van der Waals surface area (Å²) in [4.78, 5) is 34.8. The fourth-order valence-electron chi connectivity index (χ4n) is 2.02. The number of halogens is 1. The molecule has 2 rings (SSSR count). The number of carbonyl (C=O) groups excluding carboxylic acids is 2. The maximum Gasteiger partial charge on any atom is 0.339 e. The molecule has 0 aliphatic heterocycles. The summed E-state index contributed by atoms with van der Waals surface area (Å²) in [6.07, 6.45) is -0.460. The number of esters is 1. The minimum atomic E-state index is -1.15. The van der Waals surface area contributed by atoms with Gasteiger partial charge in [0.05, 0.1) is 6.61 Å². The average molecular weight is 412 g/mol. The van der Waals surface area contributed by atoms with Crippen LogP contribution < -0.4 is 5.32 Å². The molecule has 0 aliphatic carbocycles. The van der Waals surface area contributed by atoms with E-state index in [1.165, 1.54) is 0 Å². The molecule has 0 radical (unpaired) electrons. The third-order valence-electron chi connectivity index (χ3n) is 3.02. The quantitative estimate of drug-likeness (QED) is 0.557. The van der Waals surface area contributed by atoms with Crippen molar-refractivity contribution in [2.24, 2.45) is 0 Å². The van der Waals surface area contributed by atoms with Crippen molar-refractivity contribution in [1.82, 2.24) is 0 Å². The van der Waals surface area contributed by atoms with E-state index in [1.54, 1.807) is 36.6 Å². The number of carboxylic acids is 1. The van der Waals surface area contributed by atoms with Gasteiger partial charge in [0, 0.05) is 15.4 Å². The highest BCUT2D eigenvalue weighted by Crippen LogP contribution is 2.36. The second-order valence-corrected chi connectivity index (χ2v) is 6.49. The van der Waals surface area contributed by atoms with Crippen molar-refractivity contribution in [1.29, 1.82) is 0 Å². The zero-order valence-corrected chi connectivity index (χ0v) is 15.1. The Hall–Kier alpha value is -2.19. The number of ether oxygens (including phenoxy) is 1. The molecule has 0 unspecified atom stereocenters. The van der Waals surface area contributed by atoms with Crippen LogP contribution in [-0.2, 0) is 14.3 Å². The fraction of sp³-hybridized carbons (Fsp3) is 0.188. The monoisotopic (exact) mass is 411 g/mol. The van der Waals surface area contributed by atoms with Crippen LogP contribution in [0.4, 0.5) is 5.00 Å². The first-order valence-electron chi connectivity index (χ1n) is 6.98. The summed E-state index contributed by atoms with van der Waals surface area (Å²) in [7, 11) is 0. The second kappa shape index (κ2) is 8.07. The number of benzene rings is 1. The van der Waals surface area contributed by atoms with E-state index >= 15 is 0 Å². The Morgan fingerprint density at radius 1 is 1.25 bits per heavy atom. The average Bonchev–Trinajstić information content (AvgIpc) is 2.91. The van der Waals surface area contributed by atoms with Gasteiger partial charge in [-0.05, 0) is 24.6 Å². The minimum absolute atomic E-state index is 0.000434. The number of carboxylic acid groups (broad SMARTS) is 1. The first-order chi connectivity index (χ1) is 11.4. The third kappa shape index (κ3) is 4.42. The molecule has 1 aromatic heterocycles. The Balaban J connectivity index is 2.25. The lowest BCUT2D eigenvalue weighted by atomic mass is 10.0. The van der Waals surface area contributed by atoms with Crippen LogP contribution in [0.1, 0.15) is 23.7 Å². The van der Waals surface area contributed by atoms with Gasteiger partial charge >= 0.3 is 11.9 Å². The Labute approximate surface area is 150 Å². The van der Waals surface area contributed by atoms with Gasteiger partial charge in [-0.3, -0.25) is 9.59 Å². The first kappa shape index (κ1) is 18.2. The van der Waals surface area contributed by atoms with Crippen molar-refractivity contribution in [3.63, 3.8) is 0 Å². The highest BCUT2D eigenvalue weighted by atomic mass is 79.9. The van der Waals surface area contributed by atoms with Gasteiger partial charge < -0.3 is 15.2 Å². The van der Waals surface area contributed by atoms with Gasteiger partial charge in [-0.15, -0.1) is 11.3 Å². The number of carbonyl (C=O) groups is 3. The molecule has 0 spiro atoms. The van der Waals surface area contributed by atoms with Crippen LogP contribution in [0.25, 0.3) is 11.1 Å². The van der Waals surface area contributed by atoms with E-state index < -0.39 is 24.3 Å². The number of rotatable bonds is 6. The number of aromatic carboxylic acids is 1. The lowest BCUT2D eigenvalue weighted by Gasteiger charge is -2.06. The Bertz CT molecular complexity index is 769. The predicted octanol–water partition coefficient (Wildman–Crippen LogP) is 3.77. The molecule has 8 heteroatoms. The van der Waals surface area contributed by atoms with Crippen LogP contribution in [0.3, 0.4) is 0 Å². The van der Waals surface area contributed by atoms with E-state index in [1.807, 2.05) is 0 Å². The summed E-state index contributed by atoms with van der Waals surface area (Å²) in [5, 5.41) is 13.8. The van der Waals surface area contributed by atoms with Gasteiger partial charge in [-0.2, -0.15) is 0 Å². The molecule has 0 saturated heterocycles. The third-order valence-corrected chi connectivity index (χ3v) is 4.45. The molecule has 6 nitrogen and oxygen atoms in total. The van der Waals surface area contributed by atoms with Crippen molar-refractivity contribution in [2.45, 2.75) is 13.3 Å². The predicted molar refractivity (Wildman–Crippen MR) is 94.3 cm³/mol. The number of thiophene rings is 1. The van der Waals surface area contributed by atoms with Crippen LogP contribution in [0.15, 0.2) is 34.1 Å². The van der Waals surface area contributed by atoms with Crippen molar-refractivity contribution in [3.05, 3.63) is 39.7 Å². The zero-order chi connectivity index (χ0) is 17.7. The molecule has 2 aromatic rings. The maximum atomic E-state index is 11.9. The number of hydrogen-bond donors (Lipinski definition) is 2. The molecule has 1 heterocycles. The summed E-state index contributed by atoms with van der Waals surface area (Å²) in [6, 6.07) is 7.17. The van der Waals surface area contributed by atoms with E-state index in [-0.39, 0.29) is 17.2 Å². The minimum Gasteiger partial charge on any atom is -0.478 e. The Kier molecular flexibility index (Phi) is 6.10. The SMILES string of the molecule is CCOC(=O)CC(=O)Nc1scc(-c2ccc(Br)cc2)c1C(=O)O. The van der Waals surface area contributed by atoms with Crippen molar-refractivity contribution in [2.75, 3.05) is 11.9 Å². The highest BCUT2D eigenvalue weighted by Gasteiger charge is 2.22. The molecule has 1 aromatic carbocycles. The highest BCUT2D eigenvalue weighted by molar-refractivity contribution is 9.10. The van der Waals surface area contributed by atoms with Crippen LogP contribution >= 0.6 is 27.3 Å². The summed E-state index contributed by atoms with van der Waals surface area (Å²) in [6.45, 7) is 1.82.